The van der Waals surface area contributed by atoms with E-state index in [0.717, 1.165) is 11.3 Å². The van der Waals surface area contributed by atoms with Gasteiger partial charge in [0.25, 0.3) is 5.91 Å². The summed E-state index contributed by atoms with van der Waals surface area (Å²) >= 11 is 12.9. The lowest BCUT2D eigenvalue weighted by molar-refractivity contribution is -0.118. The summed E-state index contributed by atoms with van der Waals surface area (Å²) < 4.78 is 32.0. The molecule has 3 aromatic rings. The zero-order valence-corrected chi connectivity index (χ0v) is 17.0. The van der Waals surface area contributed by atoms with Gasteiger partial charge in [-0.3, -0.25) is 10.1 Å². The molecule has 0 radical (unpaired) electrons. The topological polar surface area (TPSA) is 97.4 Å². The molecule has 11 heteroatoms. The van der Waals surface area contributed by atoms with Crippen LogP contribution in [0.3, 0.4) is 0 Å². The number of thiazole rings is 1. The molecule has 0 bridgehead atoms. The summed E-state index contributed by atoms with van der Waals surface area (Å²) in [5.74, 6) is -0.0921. The number of amides is 1. The Bertz CT molecular complexity index is 1120. The first kappa shape index (κ1) is 19.8. The minimum Gasteiger partial charge on any atom is -0.482 e. The van der Waals surface area contributed by atoms with Crippen molar-refractivity contribution in [2.75, 3.05) is 19.0 Å². The third kappa shape index (κ3) is 4.69. The van der Waals surface area contributed by atoms with Gasteiger partial charge in [0.1, 0.15) is 5.75 Å². The van der Waals surface area contributed by atoms with E-state index in [-0.39, 0.29) is 11.5 Å². The molecular formula is C16H13Cl2N3O4S2. The van der Waals surface area contributed by atoms with E-state index in [4.69, 9.17) is 27.9 Å². The van der Waals surface area contributed by atoms with E-state index in [1.165, 1.54) is 25.2 Å². The number of hydrogen-bond donors (Lipinski definition) is 2. The zero-order valence-electron chi connectivity index (χ0n) is 13.8. The average Bonchev–Trinajstić information content (AvgIpc) is 3.02. The quantitative estimate of drug-likeness (QED) is 0.604. The molecule has 0 saturated carbocycles. The largest absolute Gasteiger partial charge is 0.482 e. The molecule has 1 amide bonds. The van der Waals surface area contributed by atoms with Gasteiger partial charge in [0.2, 0.25) is 10.0 Å². The monoisotopic (exact) mass is 445 g/mol. The van der Waals surface area contributed by atoms with E-state index in [0.29, 0.717) is 31.1 Å². The maximum Gasteiger partial charge on any atom is 0.264 e. The minimum absolute atomic E-state index is 0.125. The average molecular weight is 446 g/mol. The molecule has 0 aliphatic heterocycles. The minimum atomic E-state index is -3.55. The molecule has 0 unspecified atom stereocenters. The van der Waals surface area contributed by atoms with Crippen LogP contribution in [0, 0.1) is 0 Å². The van der Waals surface area contributed by atoms with Crippen LogP contribution in [0.25, 0.3) is 10.2 Å². The standard InChI is InChI=1S/C16H13Cl2N3O4S2/c1-19-27(23,24)10-3-4-12-14(7-10)26-16(20-12)21-15(22)8-25-13-5-2-9(17)6-11(13)18/h2-7,19H,8H2,1H3,(H,20,21,22). The predicted octanol–water partition coefficient (Wildman–Crippen LogP) is 3.53. The summed E-state index contributed by atoms with van der Waals surface area (Å²) in [4.78, 5) is 16.5. The lowest BCUT2D eigenvalue weighted by Gasteiger charge is -2.07. The van der Waals surface area contributed by atoms with Crippen LogP contribution in [0.4, 0.5) is 5.13 Å². The summed E-state index contributed by atoms with van der Waals surface area (Å²) in [6.45, 7) is -0.267. The first-order valence-electron chi connectivity index (χ1n) is 7.50. The van der Waals surface area contributed by atoms with Crippen molar-refractivity contribution in [2.45, 2.75) is 4.90 Å². The Kier molecular flexibility index (Phi) is 5.87. The van der Waals surface area contributed by atoms with Gasteiger partial charge in [-0.25, -0.2) is 18.1 Å². The second kappa shape index (κ2) is 7.99. The first-order chi connectivity index (χ1) is 12.8. The molecule has 0 fully saturated rings. The number of aromatic nitrogens is 1. The fraction of sp³-hybridized carbons (Fsp3) is 0.125. The van der Waals surface area contributed by atoms with Gasteiger partial charge in [-0.2, -0.15) is 0 Å². The summed E-state index contributed by atoms with van der Waals surface area (Å²) in [7, 11) is -2.21. The number of hydrogen-bond acceptors (Lipinski definition) is 6. The predicted molar refractivity (Wildman–Crippen MR) is 106 cm³/mol. The van der Waals surface area contributed by atoms with Crippen molar-refractivity contribution in [1.29, 1.82) is 0 Å². The molecule has 27 heavy (non-hydrogen) atoms. The molecule has 0 saturated heterocycles. The number of sulfonamides is 1. The third-order valence-electron chi connectivity index (χ3n) is 3.44. The van der Waals surface area contributed by atoms with Crippen LogP contribution in [0.5, 0.6) is 5.75 Å². The Morgan fingerprint density at radius 3 is 2.70 bits per heavy atom. The van der Waals surface area contributed by atoms with Crippen molar-refractivity contribution in [2.24, 2.45) is 0 Å². The Morgan fingerprint density at radius 2 is 2.00 bits per heavy atom. The Morgan fingerprint density at radius 1 is 1.22 bits per heavy atom. The van der Waals surface area contributed by atoms with Gasteiger partial charge in [0.15, 0.2) is 11.7 Å². The Hall–Kier alpha value is -1.91. The fourth-order valence-electron chi connectivity index (χ4n) is 2.13. The molecular weight excluding hydrogens is 433 g/mol. The van der Waals surface area contributed by atoms with Crippen LogP contribution >= 0.6 is 34.5 Å². The summed E-state index contributed by atoms with van der Waals surface area (Å²) in [6, 6.07) is 9.21. The van der Waals surface area contributed by atoms with Gasteiger partial charge in [-0.15, -0.1) is 0 Å². The number of rotatable bonds is 6. The molecule has 0 atom stereocenters. The number of fused-ring (bicyclic) bond motifs is 1. The highest BCUT2D eigenvalue weighted by molar-refractivity contribution is 7.89. The van der Waals surface area contributed by atoms with Crippen molar-refractivity contribution in [3.05, 3.63) is 46.4 Å². The smallest absolute Gasteiger partial charge is 0.264 e. The highest BCUT2D eigenvalue weighted by Gasteiger charge is 2.15. The van der Waals surface area contributed by atoms with Gasteiger partial charge >= 0.3 is 0 Å². The van der Waals surface area contributed by atoms with E-state index >= 15 is 0 Å². The SMILES string of the molecule is CNS(=O)(=O)c1ccc2nc(NC(=O)COc3ccc(Cl)cc3Cl)sc2c1. The number of anilines is 1. The molecule has 0 spiro atoms. The first-order valence-corrected chi connectivity index (χ1v) is 10.6. The second-order valence-corrected chi connectivity index (χ2v) is 9.03. The summed E-state index contributed by atoms with van der Waals surface area (Å²) in [5, 5.41) is 3.71. The van der Waals surface area contributed by atoms with Crippen molar-refractivity contribution in [1.82, 2.24) is 9.71 Å². The number of benzene rings is 2. The number of nitrogens with zero attached hydrogens (tertiary/aromatic N) is 1. The maximum absolute atomic E-state index is 12.1. The van der Waals surface area contributed by atoms with Crippen molar-refractivity contribution in [3.63, 3.8) is 0 Å². The van der Waals surface area contributed by atoms with E-state index in [1.807, 2.05) is 0 Å². The van der Waals surface area contributed by atoms with Crippen LogP contribution in [0.2, 0.25) is 10.0 Å². The van der Waals surface area contributed by atoms with Crippen LogP contribution in [0.15, 0.2) is 41.3 Å². The van der Waals surface area contributed by atoms with Crippen molar-refractivity contribution in [3.8, 4) is 5.75 Å². The second-order valence-electron chi connectivity index (χ2n) is 5.27. The Balaban J connectivity index is 1.69. The van der Waals surface area contributed by atoms with Crippen LogP contribution in [0.1, 0.15) is 0 Å². The van der Waals surface area contributed by atoms with Gasteiger partial charge in [0.05, 0.1) is 20.1 Å². The van der Waals surface area contributed by atoms with Gasteiger partial charge < -0.3 is 4.74 Å². The van der Waals surface area contributed by atoms with E-state index < -0.39 is 15.9 Å². The molecule has 2 N–H and O–H groups in total. The number of ether oxygens (including phenoxy) is 1. The van der Waals surface area contributed by atoms with Crippen LogP contribution in [-0.2, 0) is 14.8 Å². The van der Waals surface area contributed by atoms with Gasteiger partial charge in [-0.05, 0) is 43.4 Å². The molecule has 1 aromatic heterocycles. The Labute approximate surface area is 169 Å². The van der Waals surface area contributed by atoms with Crippen molar-refractivity contribution >= 4 is 65.8 Å². The van der Waals surface area contributed by atoms with E-state index in [2.05, 4.69) is 15.0 Å². The normalized spacial score (nSPS) is 11.5. The molecule has 7 nitrogen and oxygen atoms in total. The number of halogens is 2. The van der Waals surface area contributed by atoms with Crippen LogP contribution < -0.4 is 14.8 Å². The van der Waals surface area contributed by atoms with E-state index in [1.54, 1.807) is 18.2 Å². The molecule has 142 valence electrons. The van der Waals surface area contributed by atoms with Crippen LogP contribution in [-0.4, -0.2) is 33.0 Å². The molecule has 2 aromatic carbocycles. The van der Waals surface area contributed by atoms with Gasteiger partial charge in [-0.1, -0.05) is 34.5 Å². The number of nitrogens with one attached hydrogen (secondary N) is 2. The molecule has 0 aliphatic rings. The number of carbonyl (C=O) groups excluding carboxylic acids is 1. The molecule has 1 heterocycles. The third-order valence-corrected chi connectivity index (χ3v) is 6.31. The zero-order chi connectivity index (χ0) is 19.6. The summed E-state index contributed by atoms with van der Waals surface area (Å²) in [6.07, 6.45) is 0. The van der Waals surface area contributed by atoms with E-state index in [9.17, 15) is 13.2 Å². The molecule has 0 aliphatic carbocycles. The number of carbonyl (C=O) groups is 1. The fourth-order valence-corrected chi connectivity index (χ4v) is 4.35. The van der Waals surface area contributed by atoms with Crippen molar-refractivity contribution < 1.29 is 17.9 Å². The lowest BCUT2D eigenvalue weighted by Crippen LogP contribution is -2.20. The van der Waals surface area contributed by atoms with Gasteiger partial charge in [0, 0.05) is 5.02 Å². The lowest BCUT2D eigenvalue weighted by atomic mass is 10.3. The maximum atomic E-state index is 12.1. The highest BCUT2D eigenvalue weighted by Crippen LogP contribution is 2.29. The molecule has 3 rings (SSSR count). The highest BCUT2D eigenvalue weighted by atomic mass is 35.5. The summed E-state index contributed by atoms with van der Waals surface area (Å²) in [5.41, 5.74) is 0.576.